The summed E-state index contributed by atoms with van der Waals surface area (Å²) >= 11 is 1.31. The van der Waals surface area contributed by atoms with Crippen molar-refractivity contribution in [3.05, 3.63) is 89.0 Å². The van der Waals surface area contributed by atoms with Gasteiger partial charge in [-0.2, -0.15) is 0 Å². The Bertz CT molecular complexity index is 1490. The number of aryl methyl sites for hydroxylation is 1. The van der Waals surface area contributed by atoms with Gasteiger partial charge in [-0.15, -0.1) is 0 Å². The molecule has 1 aliphatic rings. The van der Waals surface area contributed by atoms with Gasteiger partial charge >= 0.3 is 5.91 Å². The lowest BCUT2D eigenvalue weighted by atomic mass is 9.94. The largest absolute Gasteiger partial charge is 0.507 e. The number of Topliss-reactive ketones (excluding diaryl/α,β-unsaturated/α-hetero) is 1. The highest BCUT2D eigenvalue weighted by Gasteiger charge is 2.49. The standard InChI is InChI=1S/C27H22N2O5S/c1-15-9-11-19-21(13-15)35-27(28-19)29-23(18-14-17(33-2)10-12-20(18)34-3)22(25(31)26(29)32)24(30)16-7-5-4-6-8-16/h4-14,23,30H,1-3H3/b24-22-. The van der Waals surface area contributed by atoms with Crippen LogP contribution in [0, 0.1) is 6.92 Å². The third-order valence-electron chi connectivity index (χ3n) is 5.96. The van der Waals surface area contributed by atoms with Gasteiger partial charge < -0.3 is 14.6 Å². The van der Waals surface area contributed by atoms with E-state index < -0.39 is 17.7 Å². The van der Waals surface area contributed by atoms with Crippen molar-refractivity contribution < 1.29 is 24.2 Å². The molecule has 176 valence electrons. The Morgan fingerprint density at radius 3 is 2.49 bits per heavy atom. The van der Waals surface area contributed by atoms with Crippen LogP contribution in [0.1, 0.15) is 22.7 Å². The van der Waals surface area contributed by atoms with Crippen molar-refractivity contribution in [2.24, 2.45) is 0 Å². The number of aromatic nitrogens is 1. The summed E-state index contributed by atoms with van der Waals surface area (Å²) in [5, 5.41) is 11.6. The van der Waals surface area contributed by atoms with Crippen LogP contribution in [0.5, 0.6) is 11.5 Å². The van der Waals surface area contributed by atoms with Crippen molar-refractivity contribution in [1.82, 2.24) is 4.98 Å². The minimum Gasteiger partial charge on any atom is -0.507 e. The Morgan fingerprint density at radius 2 is 1.77 bits per heavy atom. The van der Waals surface area contributed by atoms with E-state index in [-0.39, 0.29) is 11.3 Å². The minimum absolute atomic E-state index is 0.0387. The minimum atomic E-state index is -0.970. The van der Waals surface area contributed by atoms with E-state index >= 15 is 0 Å². The van der Waals surface area contributed by atoms with Gasteiger partial charge in [0.15, 0.2) is 5.13 Å². The average molecular weight is 487 g/mol. The van der Waals surface area contributed by atoms with Gasteiger partial charge in [0.25, 0.3) is 5.78 Å². The van der Waals surface area contributed by atoms with E-state index in [4.69, 9.17) is 9.47 Å². The third kappa shape index (κ3) is 3.81. The zero-order valence-electron chi connectivity index (χ0n) is 19.3. The predicted molar refractivity (Wildman–Crippen MR) is 135 cm³/mol. The molecule has 0 bridgehead atoms. The molecule has 3 aromatic carbocycles. The van der Waals surface area contributed by atoms with Crippen LogP contribution in [0.15, 0.2) is 72.3 Å². The molecule has 1 amide bonds. The van der Waals surface area contributed by atoms with Crippen LogP contribution >= 0.6 is 11.3 Å². The Labute approximate surface area is 205 Å². The number of thiazole rings is 1. The molecule has 35 heavy (non-hydrogen) atoms. The van der Waals surface area contributed by atoms with Crippen molar-refractivity contribution in [1.29, 1.82) is 0 Å². The van der Waals surface area contributed by atoms with E-state index in [0.29, 0.717) is 27.8 Å². The van der Waals surface area contributed by atoms with Crippen LogP contribution in [-0.4, -0.2) is 36.0 Å². The summed E-state index contributed by atoms with van der Waals surface area (Å²) in [6.07, 6.45) is 0. The molecular formula is C27H22N2O5S. The van der Waals surface area contributed by atoms with Gasteiger partial charge in [-0.1, -0.05) is 47.7 Å². The number of aliphatic hydroxyl groups is 1. The second-order valence-electron chi connectivity index (χ2n) is 8.11. The van der Waals surface area contributed by atoms with Gasteiger partial charge in [0.05, 0.1) is 30.0 Å². The summed E-state index contributed by atoms with van der Waals surface area (Å²) in [7, 11) is 3.04. The highest BCUT2D eigenvalue weighted by molar-refractivity contribution is 7.22. The number of nitrogens with zero attached hydrogens (tertiary/aromatic N) is 2. The quantitative estimate of drug-likeness (QED) is 0.236. The number of benzene rings is 3. The van der Waals surface area contributed by atoms with E-state index in [9.17, 15) is 14.7 Å². The molecule has 4 aromatic rings. The number of carbonyl (C=O) groups excluding carboxylic acids is 2. The summed E-state index contributed by atoms with van der Waals surface area (Å²) in [5.74, 6) is -0.868. The van der Waals surface area contributed by atoms with E-state index in [1.54, 1.807) is 48.5 Å². The number of ketones is 1. The lowest BCUT2D eigenvalue weighted by molar-refractivity contribution is -0.132. The number of anilines is 1. The fourth-order valence-corrected chi connectivity index (χ4v) is 5.34. The first kappa shape index (κ1) is 22.6. The van der Waals surface area contributed by atoms with Crippen molar-refractivity contribution in [3.8, 4) is 11.5 Å². The van der Waals surface area contributed by atoms with Gasteiger partial charge in [-0.25, -0.2) is 4.98 Å². The predicted octanol–water partition coefficient (Wildman–Crippen LogP) is 5.25. The Kier molecular flexibility index (Phi) is 5.74. The average Bonchev–Trinajstić information content (AvgIpc) is 3.41. The molecule has 1 aliphatic heterocycles. The number of hydrogen-bond donors (Lipinski definition) is 1. The lowest BCUT2D eigenvalue weighted by Crippen LogP contribution is -2.29. The molecule has 7 nitrogen and oxygen atoms in total. The monoisotopic (exact) mass is 486 g/mol. The van der Waals surface area contributed by atoms with E-state index in [1.165, 1.54) is 30.5 Å². The number of amides is 1. The van der Waals surface area contributed by atoms with Gasteiger partial charge in [0, 0.05) is 11.1 Å². The zero-order chi connectivity index (χ0) is 24.7. The highest BCUT2D eigenvalue weighted by Crippen LogP contribution is 2.47. The smallest absolute Gasteiger partial charge is 0.301 e. The molecule has 8 heteroatoms. The highest BCUT2D eigenvalue weighted by atomic mass is 32.1. The summed E-state index contributed by atoms with van der Waals surface area (Å²) in [6, 6.07) is 18.7. The molecule has 0 saturated carbocycles. The molecule has 1 fully saturated rings. The summed E-state index contributed by atoms with van der Waals surface area (Å²) in [6.45, 7) is 1.98. The van der Waals surface area contributed by atoms with E-state index in [2.05, 4.69) is 4.98 Å². The molecule has 2 heterocycles. The molecule has 1 N–H and O–H groups in total. The van der Waals surface area contributed by atoms with Crippen molar-refractivity contribution in [2.45, 2.75) is 13.0 Å². The summed E-state index contributed by atoms with van der Waals surface area (Å²) < 4.78 is 11.9. The lowest BCUT2D eigenvalue weighted by Gasteiger charge is -2.25. The van der Waals surface area contributed by atoms with Gasteiger partial charge in [-0.05, 0) is 42.8 Å². The maximum atomic E-state index is 13.5. The molecular weight excluding hydrogens is 464 g/mol. The van der Waals surface area contributed by atoms with Crippen LogP contribution in [0.2, 0.25) is 0 Å². The SMILES string of the molecule is COc1ccc(OC)c(C2/C(=C(/O)c3ccccc3)C(=O)C(=O)N2c2nc3ccc(C)cc3s2)c1. The van der Waals surface area contributed by atoms with Crippen LogP contribution in [0.25, 0.3) is 16.0 Å². The second kappa shape index (κ2) is 8.88. The molecule has 0 radical (unpaired) electrons. The van der Waals surface area contributed by atoms with Crippen molar-refractivity contribution in [3.63, 3.8) is 0 Å². The topological polar surface area (TPSA) is 89.0 Å². The number of hydrogen-bond acceptors (Lipinski definition) is 7. The third-order valence-corrected chi connectivity index (χ3v) is 6.98. The molecule has 0 aliphatic carbocycles. The number of methoxy groups -OCH3 is 2. The molecule has 0 spiro atoms. The normalized spacial score (nSPS) is 17.2. The maximum Gasteiger partial charge on any atom is 0.301 e. The van der Waals surface area contributed by atoms with Crippen LogP contribution < -0.4 is 14.4 Å². The van der Waals surface area contributed by atoms with Crippen LogP contribution in [0.4, 0.5) is 5.13 Å². The zero-order valence-corrected chi connectivity index (χ0v) is 20.1. The Balaban J connectivity index is 1.79. The van der Waals surface area contributed by atoms with Crippen LogP contribution in [0.3, 0.4) is 0 Å². The van der Waals surface area contributed by atoms with Gasteiger partial charge in [-0.3, -0.25) is 14.5 Å². The fraction of sp³-hybridized carbons (Fsp3) is 0.148. The first-order valence-electron chi connectivity index (χ1n) is 10.9. The Morgan fingerprint density at radius 1 is 1.00 bits per heavy atom. The molecule has 5 rings (SSSR count). The number of fused-ring (bicyclic) bond motifs is 1. The molecule has 1 aromatic heterocycles. The second-order valence-corrected chi connectivity index (χ2v) is 9.12. The summed E-state index contributed by atoms with van der Waals surface area (Å²) in [5.41, 5.74) is 2.67. The fourth-order valence-electron chi connectivity index (χ4n) is 4.25. The maximum absolute atomic E-state index is 13.5. The van der Waals surface area contributed by atoms with E-state index in [1.807, 2.05) is 25.1 Å². The van der Waals surface area contributed by atoms with Gasteiger partial charge in [0.2, 0.25) is 0 Å². The van der Waals surface area contributed by atoms with Crippen molar-refractivity contribution >= 4 is 44.1 Å². The molecule has 1 saturated heterocycles. The number of carbonyl (C=O) groups is 2. The Hall–Kier alpha value is -4.17. The van der Waals surface area contributed by atoms with Crippen molar-refractivity contribution in [2.75, 3.05) is 19.1 Å². The van der Waals surface area contributed by atoms with Crippen LogP contribution in [-0.2, 0) is 9.59 Å². The molecule has 1 atom stereocenters. The number of ether oxygens (including phenoxy) is 2. The van der Waals surface area contributed by atoms with Gasteiger partial charge in [0.1, 0.15) is 23.3 Å². The first-order chi connectivity index (χ1) is 16.9. The number of aliphatic hydroxyl groups excluding tert-OH is 1. The first-order valence-corrected chi connectivity index (χ1v) is 11.7. The molecule has 1 unspecified atom stereocenters. The number of rotatable bonds is 5. The summed E-state index contributed by atoms with van der Waals surface area (Å²) in [4.78, 5) is 32.9. The van der Waals surface area contributed by atoms with E-state index in [0.717, 1.165) is 15.8 Å².